The highest BCUT2D eigenvalue weighted by Gasteiger charge is 2.21. The van der Waals surface area contributed by atoms with Gasteiger partial charge in [0.05, 0.1) is 34.7 Å². The second kappa shape index (κ2) is 9.41. The molecule has 1 aliphatic heterocycles. The minimum absolute atomic E-state index is 0.141. The number of nitrogens with two attached hydrogens (primary N) is 1. The zero-order valence-electron chi connectivity index (χ0n) is 17.3. The Labute approximate surface area is 195 Å². The summed E-state index contributed by atoms with van der Waals surface area (Å²) in [4.78, 5) is 25.3. The van der Waals surface area contributed by atoms with Crippen LogP contribution in [0, 0.1) is 0 Å². The van der Waals surface area contributed by atoms with Gasteiger partial charge in [0.2, 0.25) is 5.95 Å². The van der Waals surface area contributed by atoms with Crippen molar-refractivity contribution < 1.29 is 13.5 Å². The van der Waals surface area contributed by atoms with Gasteiger partial charge >= 0.3 is 0 Å². The molecule has 11 nitrogen and oxygen atoms in total. The van der Waals surface area contributed by atoms with E-state index in [1.807, 2.05) is 12.1 Å². The fourth-order valence-electron chi connectivity index (χ4n) is 3.44. The lowest BCUT2D eigenvalue weighted by atomic mass is 10.2. The molecule has 5 rings (SSSR count). The zero-order chi connectivity index (χ0) is 22.8. The topological polar surface area (TPSA) is 155 Å². The van der Waals surface area contributed by atoms with Crippen LogP contribution in [0.3, 0.4) is 0 Å². The maximum absolute atomic E-state index is 10.7. The van der Waals surface area contributed by atoms with Gasteiger partial charge in [-0.1, -0.05) is 6.07 Å². The summed E-state index contributed by atoms with van der Waals surface area (Å²) in [5, 5.41) is 0. The molecule has 33 heavy (non-hydrogen) atoms. The standard InChI is InChI=1S/C20H20N8O3S2/c21-20-23-9-13(10-24-20)18-26-15-7-16(12-1-2-14(22-8-12)11-25-33(29)30)32-17(15)19(27-18)28-3-5-31-6-4-28/h1-2,7-10,25H,3-6,11H2,(H,29,30)(H2,21,23,24)/p-1. The van der Waals surface area contributed by atoms with Crippen molar-refractivity contribution in [2.24, 2.45) is 0 Å². The van der Waals surface area contributed by atoms with Crippen molar-refractivity contribution >= 4 is 44.6 Å². The maximum atomic E-state index is 10.7. The molecule has 5 heterocycles. The quantitative estimate of drug-likeness (QED) is 0.385. The number of anilines is 2. The van der Waals surface area contributed by atoms with Crippen molar-refractivity contribution in [3.8, 4) is 21.8 Å². The molecule has 0 amide bonds. The van der Waals surface area contributed by atoms with Crippen LogP contribution in [-0.2, 0) is 22.5 Å². The molecule has 1 atom stereocenters. The van der Waals surface area contributed by atoms with Gasteiger partial charge in [0.25, 0.3) is 0 Å². The third-order valence-electron chi connectivity index (χ3n) is 5.07. The lowest BCUT2D eigenvalue weighted by molar-refractivity contribution is 0.122. The highest BCUT2D eigenvalue weighted by atomic mass is 32.2. The Morgan fingerprint density at radius 1 is 1.12 bits per heavy atom. The average Bonchev–Trinajstić information content (AvgIpc) is 3.28. The van der Waals surface area contributed by atoms with Crippen LogP contribution < -0.4 is 15.4 Å². The van der Waals surface area contributed by atoms with Gasteiger partial charge in [-0.15, -0.1) is 11.3 Å². The number of thiophene rings is 1. The van der Waals surface area contributed by atoms with Crippen molar-refractivity contribution in [1.82, 2.24) is 29.6 Å². The number of ether oxygens (including phenoxy) is 1. The Morgan fingerprint density at radius 3 is 2.58 bits per heavy atom. The summed E-state index contributed by atoms with van der Waals surface area (Å²) < 4.78 is 30.2. The third-order valence-corrected chi connectivity index (χ3v) is 6.62. The number of hydrogen-bond donors (Lipinski definition) is 2. The molecule has 0 saturated carbocycles. The Hall–Kier alpha value is -3.10. The Morgan fingerprint density at radius 2 is 1.88 bits per heavy atom. The van der Waals surface area contributed by atoms with Gasteiger partial charge in [0, 0.05) is 59.9 Å². The second-order valence-corrected chi connectivity index (χ2v) is 9.03. The molecule has 1 fully saturated rings. The van der Waals surface area contributed by atoms with Crippen molar-refractivity contribution in [3.05, 3.63) is 42.5 Å². The lowest BCUT2D eigenvalue weighted by Crippen LogP contribution is -2.36. The van der Waals surface area contributed by atoms with Gasteiger partial charge in [0.15, 0.2) is 11.6 Å². The first-order chi connectivity index (χ1) is 16.1. The summed E-state index contributed by atoms with van der Waals surface area (Å²) >= 11 is -0.737. The molecule has 3 N–H and O–H groups in total. The number of nitrogens with zero attached hydrogens (tertiary/aromatic N) is 6. The largest absolute Gasteiger partial charge is 0.760 e. The number of pyridine rings is 1. The summed E-state index contributed by atoms with van der Waals surface area (Å²) in [6.45, 7) is 2.89. The first kappa shape index (κ1) is 21.7. The fraction of sp³-hybridized carbons (Fsp3) is 0.250. The van der Waals surface area contributed by atoms with Gasteiger partial charge < -0.3 is 19.9 Å². The lowest BCUT2D eigenvalue weighted by Gasteiger charge is -2.28. The van der Waals surface area contributed by atoms with Crippen LogP contribution in [0.15, 0.2) is 36.8 Å². The molecule has 0 radical (unpaired) electrons. The van der Waals surface area contributed by atoms with Crippen LogP contribution in [0.2, 0.25) is 0 Å². The first-order valence-electron chi connectivity index (χ1n) is 10.1. The molecule has 0 aromatic carbocycles. The van der Waals surface area contributed by atoms with Crippen LogP contribution in [0.5, 0.6) is 0 Å². The highest BCUT2D eigenvalue weighted by Crippen LogP contribution is 2.38. The Kier molecular flexibility index (Phi) is 6.20. The molecule has 170 valence electrons. The van der Waals surface area contributed by atoms with E-state index in [2.05, 4.69) is 24.6 Å². The monoisotopic (exact) mass is 483 g/mol. The molecule has 13 heteroatoms. The van der Waals surface area contributed by atoms with Gasteiger partial charge in [-0.05, 0) is 12.1 Å². The van der Waals surface area contributed by atoms with Crippen LogP contribution in [-0.4, -0.2) is 60.0 Å². The SMILES string of the molecule is Nc1ncc(-c2nc(N3CCOCC3)c3sc(-c4ccc(CNS(=O)[O-])nc4)cc3n2)cn1. The Bertz CT molecular complexity index is 1290. The minimum atomic E-state index is -2.33. The molecule has 0 spiro atoms. The molecule has 1 aliphatic rings. The van der Waals surface area contributed by atoms with Gasteiger partial charge in [0.1, 0.15) is 0 Å². The molecule has 4 aromatic rings. The zero-order valence-corrected chi connectivity index (χ0v) is 18.9. The van der Waals surface area contributed by atoms with E-state index < -0.39 is 11.3 Å². The number of rotatable bonds is 6. The third kappa shape index (κ3) is 4.82. The van der Waals surface area contributed by atoms with Crippen LogP contribution in [0.25, 0.3) is 32.0 Å². The van der Waals surface area contributed by atoms with E-state index in [1.165, 1.54) is 0 Å². The minimum Gasteiger partial charge on any atom is -0.760 e. The van der Waals surface area contributed by atoms with E-state index in [-0.39, 0.29) is 12.5 Å². The molecule has 0 bridgehead atoms. The average molecular weight is 484 g/mol. The summed E-state index contributed by atoms with van der Waals surface area (Å²) in [6.07, 6.45) is 4.96. The molecule has 1 saturated heterocycles. The maximum Gasteiger partial charge on any atom is 0.219 e. The number of aromatic nitrogens is 5. The molecule has 1 unspecified atom stereocenters. The highest BCUT2D eigenvalue weighted by molar-refractivity contribution is 7.77. The van der Waals surface area contributed by atoms with E-state index in [0.717, 1.165) is 39.6 Å². The van der Waals surface area contributed by atoms with Crippen LogP contribution in [0.1, 0.15) is 5.69 Å². The summed E-state index contributed by atoms with van der Waals surface area (Å²) in [6, 6.07) is 5.72. The predicted molar refractivity (Wildman–Crippen MR) is 125 cm³/mol. The summed E-state index contributed by atoms with van der Waals surface area (Å²) in [5.41, 5.74) is 8.66. The number of hydrogen-bond acceptors (Lipinski definition) is 11. The van der Waals surface area contributed by atoms with Gasteiger partial charge in [-0.3, -0.25) is 9.19 Å². The van der Waals surface area contributed by atoms with E-state index in [0.29, 0.717) is 30.3 Å². The Balaban J connectivity index is 1.55. The van der Waals surface area contributed by atoms with E-state index in [1.54, 1.807) is 36.0 Å². The number of fused-ring (bicyclic) bond motifs is 1. The van der Waals surface area contributed by atoms with Crippen molar-refractivity contribution in [2.75, 3.05) is 36.9 Å². The van der Waals surface area contributed by atoms with Crippen LogP contribution in [0.4, 0.5) is 11.8 Å². The van der Waals surface area contributed by atoms with Crippen molar-refractivity contribution in [2.45, 2.75) is 6.54 Å². The van der Waals surface area contributed by atoms with Crippen molar-refractivity contribution in [1.29, 1.82) is 0 Å². The van der Waals surface area contributed by atoms with E-state index >= 15 is 0 Å². The molecule has 4 aromatic heterocycles. The number of morpholine rings is 1. The van der Waals surface area contributed by atoms with E-state index in [4.69, 9.17) is 20.4 Å². The summed E-state index contributed by atoms with van der Waals surface area (Å²) in [7, 11) is 0. The number of nitrogen functional groups attached to an aromatic ring is 1. The van der Waals surface area contributed by atoms with Crippen molar-refractivity contribution in [3.63, 3.8) is 0 Å². The smallest absolute Gasteiger partial charge is 0.219 e. The second-order valence-electron chi connectivity index (χ2n) is 7.22. The summed E-state index contributed by atoms with van der Waals surface area (Å²) in [5.74, 6) is 1.57. The first-order valence-corrected chi connectivity index (χ1v) is 12.0. The molecule has 0 aliphatic carbocycles. The van der Waals surface area contributed by atoms with E-state index in [9.17, 15) is 8.76 Å². The normalized spacial score (nSPS) is 15.1. The predicted octanol–water partition coefficient (Wildman–Crippen LogP) is 1.51. The van der Waals surface area contributed by atoms with Gasteiger partial charge in [-0.25, -0.2) is 24.7 Å². The number of nitrogens with one attached hydrogen (secondary N) is 1. The fourth-order valence-corrected chi connectivity index (χ4v) is 4.81. The van der Waals surface area contributed by atoms with Crippen LogP contribution >= 0.6 is 11.3 Å². The molecular weight excluding hydrogens is 464 g/mol. The van der Waals surface area contributed by atoms with Gasteiger partial charge in [-0.2, -0.15) is 0 Å². The molecular formula is C20H19N8O3S2-.